The van der Waals surface area contributed by atoms with Crippen molar-refractivity contribution >= 4 is 21.4 Å². The van der Waals surface area contributed by atoms with Crippen molar-refractivity contribution in [1.29, 1.82) is 5.26 Å². The number of sulfonamides is 1. The molecular formula is C14H12FN3O2S. The zero-order valence-corrected chi connectivity index (χ0v) is 11.9. The van der Waals surface area contributed by atoms with Crippen LogP contribution in [0, 0.1) is 24.1 Å². The average molecular weight is 305 g/mol. The Labute approximate surface area is 121 Å². The molecule has 0 heterocycles. The van der Waals surface area contributed by atoms with Gasteiger partial charge in [0.1, 0.15) is 22.3 Å². The second kappa shape index (κ2) is 5.42. The van der Waals surface area contributed by atoms with E-state index in [0.717, 1.165) is 17.7 Å². The van der Waals surface area contributed by atoms with E-state index in [9.17, 15) is 12.8 Å². The van der Waals surface area contributed by atoms with Gasteiger partial charge in [0.15, 0.2) is 0 Å². The molecule has 0 spiro atoms. The third-order valence-electron chi connectivity index (χ3n) is 2.83. The van der Waals surface area contributed by atoms with Crippen molar-refractivity contribution in [2.75, 3.05) is 10.5 Å². The summed E-state index contributed by atoms with van der Waals surface area (Å²) in [6.45, 7) is 1.81. The standard InChI is InChI=1S/C14H12FN3O2S/c1-9-5-6-13(12(17)7-9)18-21(19,20)14-4-2-3-11(15)10(14)8-16/h2-7,18H,17H2,1H3. The summed E-state index contributed by atoms with van der Waals surface area (Å²) >= 11 is 0. The predicted octanol–water partition coefficient (Wildman–Crippen LogP) is 2.39. The molecule has 0 unspecified atom stereocenters. The monoisotopic (exact) mass is 305 g/mol. The van der Waals surface area contributed by atoms with E-state index in [-0.39, 0.29) is 11.4 Å². The van der Waals surface area contributed by atoms with Crippen molar-refractivity contribution in [3.8, 4) is 6.07 Å². The van der Waals surface area contributed by atoms with Gasteiger partial charge in [-0.3, -0.25) is 4.72 Å². The number of benzene rings is 2. The van der Waals surface area contributed by atoms with Gasteiger partial charge in [-0.05, 0) is 36.8 Å². The lowest BCUT2D eigenvalue weighted by molar-refractivity contribution is 0.593. The van der Waals surface area contributed by atoms with Crippen LogP contribution >= 0.6 is 0 Å². The second-order valence-electron chi connectivity index (χ2n) is 4.42. The number of aryl methyl sites for hydroxylation is 1. The van der Waals surface area contributed by atoms with Gasteiger partial charge in [0.25, 0.3) is 10.0 Å². The molecule has 0 bridgehead atoms. The fourth-order valence-electron chi connectivity index (χ4n) is 1.81. The van der Waals surface area contributed by atoms with E-state index in [1.165, 1.54) is 12.1 Å². The van der Waals surface area contributed by atoms with E-state index >= 15 is 0 Å². The third-order valence-corrected chi connectivity index (χ3v) is 4.24. The maximum Gasteiger partial charge on any atom is 0.263 e. The summed E-state index contributed by atoms with van der Waals surface area (Å²) in [6.07, 6.45) is 0. The van der Waals surface area contributed by atoms with E-state index in [0.29, 0.717) is 0 Å². The number of anilines is 2. The number of halogens is 1. The van der Waals surface area contributed by atoms with Crippen LogP contribution in [-0.4, -0.2) is 8.42 Å². The van der Waals surface area contributed by atoms with Crippen molar-refractivity contribution in [3.05, 3.63) is 53.3 Å². The molecule has 0 amide bonds. The highest BCUT2D eigenvalue weighted by Crippen LogP contribution is 2.25. The fraction of sp³-hybridized carbons (Fsp3) is 0.0714. The molecule has 2 aromatic carbocycles. The van der Waals surface area contributed by atoms with Gasteiger partial charge in [-0.1, -0.05) is 12.1 Å². The third kappa shape index (κ3) is 2.95. The Morgan fingerprint density at radius 2 is 2.00 bits per heavy atom. The van der Waals surface area contributed by atoms with E-state index in [1.807, 2.05) is 6.92 Å². The van der Waals surface area contributed by atoms with Gasteiger partial charge in [-0.15, -0.1) is 0 Å². The van der Waals surface area contributed by atoms with Crippen LogP contribution in [0.2, 0.25) is 0 Å². The van der Waals surface area contributed by atoms with E-state index in [1.54, 1.807) is 18.2 Å². The smallest absolute Gasteiger partial charge is 0.263 e. The summed E-state index contributed by atoms with van der Waals surface area (Å²) in [5.74, 6) is -0.891. The van der Waals surface area contributed by atoms with E-state index in [4.69, 9.17) is 11.0 Å². The molecular weight excluding hydrogens is 293 g/mol. The highest BCUT2D eigenvalue weighted by Gasteiger charge is 2.22. The molecule has 7 heteroatoms. The van der Waals surface area contributed by atoms with E-state index < -0.39 is 26.3 Å². The molecule has 0 fully saturated rings. The molecule has 21 heavy (non-hydrogen) atoms. The summed E-state index contributed by atoms with van der Waals surface area (Å²) in [5.41, 5.74) is 6.50. The maximum atomic E-state index is 13.5. The van der Waals surface area contributed by atoms with Gasteiger partial charge in [0, 0.05) is 0 Å². The number of nitrogens with two attached hydrogens (primary N) is 1. The Balaban J connectivity index is 2.49. The van der Waals surface area contributed by atoms with Gasteiger partial charge < -0.3 is 5.73 Å². The topological polar surface area (TPSA) is 96.0 Å². The summed E-state index contributed by atoms with van der Waals surface area (Å²) in [6, 6.07) is 9.76. The first-order valence-electron chi connectivity index (χ1n) is 5.92. The number of hydrogen-bond acceptors (Lipinski definition) is 4. The van der Waals surface area contributed by atoms with Gasteiger partial charge in [0.05, 0.1) is 11.4 Å². The zero-order valence-electron chi connectivity index (χ0n) is 11.1. The first-order chi connectivity index (χ1) is 9.85. The quantitative estimate of drug-likeness (QED) is 0.851. The second-order valence-corrected chi connectivity index (χ2v) is 6.07. The van der Waals surface area contributed by atoms with Crippen LogP contribution in [0.3, 0.4) is 0 Å². The first-order valence-corrected chi connectivity index (χ1v) is 7.41. The molecule has 0 atom stereocenters. The number of nitrogen functional groups attached to an aromatic ring is 1. The summed E-state index contributed by atoms with van der Waals surface area (Å²) in [5, 5.41) is 8.91. The molecule has 5 nitrogen and oxygen atoms in total. The maximum absolute atomic E-state index is 13.5. The van der Waals surface area contributed by atoms with Gasteiger partial charge >= 0.3 is 0 Å². The lowest BCUT2D eigenvalue weighted by Crippen LogP contribution is -2.16. The average Bonchev–Trinajstić information content (AvgIpc) is 2.41. The Morgan fingerprint density at radius 1 is 1.29 bits per heavy atom. The molecule has 0 saturated carbocycles. The largest absolute Gasteiger partial charge is 0.397 e. The van der Waals surface area contributed by atoms with Crippen LogP contribution in [0.15, 0.2) is 41.3 Å². The van der Waals surface area contributed by atoms with E-state index in [2.05, 4.69) is 4.72 Å². The fourth-order valence-corrected chi connectivity index (χ4v) is 3.07. The Kier molecular flexibility index (Phi) is 3.82. The van der Waals surface area contributed by atoms with Crippen molar-refractivity contribution in [3.63, 3.8) is 0 Å². The summed E-state index contributed by atoms with van der Waals surface area (Å²) in [7, 11) is -4.11. The highest BCUT2D eigenvalue weighted by molar-refractivity contribution is 7.92. The predicted molar refractivity (Wildman–Crippen MR) is 77.5 cm³/mol. The number of nitrogens with one attached hydrogen (secondary N) is 1. The molecule has 0 saturated heterocycles. The van der Waals surface area contributed by atoms with Gasteiger partial charge in [-0.2, -0.15) is 5.26 Å². The molecule has 108 valence electrons. The first kappa shape index (κ1) is 14.8. The minimum absolute atomic E-state index is 0.175. The SMILES string of the molecule is Cc1ccc(NS(=O)(=O)c2cccc(F)c2C#N)c(N)c1. The minimum atomic E-state index is -4.11. The molecule has 0 aromatic heterocycles. The van der Waals surface area contributed by atoms with Gasteiger partial charge in [0.2, 0.25) is 0 Å². The number of rotatable bonds is 3. The number of nitriles is 1. The van der Waals surface area contributed by atoms with Crippen molar-refractivity contribution < 1.29 is 12.8 Å². The molecule has 0 radical (unpaired) electrons. The zero-order chi connectivity index (χ0) is 15.6. The van der Waals surface area contributed by atoms with Crippen LogP contribution in [0.25, 0.3) is 0 Å². The molecule has 2 rings (SSSR count). The van der Waals surface area contributed by atoms with Crippen molar-refractivity contribution in [2.45, 2.75) is 11.8 Å². The van der Waals surface area contributed by atoms with Crippen LogP contribution in [-0.2, 0) is 10.0 Å². The lowest BCUT2D eigenvalue weighted by atomic mass is 10.2. The molecule has 0 aliphatic heterocycles. The van der Waals surface area contributed by atoms with Gasteiger partial charge in [-0.25, -0.2) is 12.8 Å². The van der Waals surface area contributed by atoms with Crippen LogP contribution in [0.4, 0.5) is 15.8 Å². The Morgan fingerprint density at radius 3 is 2.62 bits per heavy atom. The molecule has 0 aliphatic carbocycles. The number of nitrogens with zero attached hydrogens (tertiary/aromatic N) is 1. The lowest BCUT2D eigenvalue weighted by Gasteiger charge is -2.12. The van der Waals surface area contributed by atoms with Crippen molar-refractivity contribution in [2.24, 2.45) is 0 Å². The normalized spacial score (nSPS) is 10.9. The highest BCUT2D eigenvalue weighted by atomic mass is 32.2. The summed E-state index contributed by atoms with van der Waals surface area (Å²) < 4.78 is 40.3. The number of hydrogen-bond donors (Lipinski definition) is 2. The van der Waals surface area contributed by atoms with Crippen LogP contribution in [0.1, 0.15) is 11.1 Å². The molecule has 3 N–H and O–H groups in total. The van der Waals surface area contributed by atoms with Crippen LogP contribution in [0.5, 0.6) is 0 Å². The Bertz CT molecular complexity index is 842. The summed E-state index contributed by atoms with van der Waals surface area (Å²) in [4.78, 5) is -0.426. The van der Waals surface area contributed by atoms with Crippen LogP contribution < -0.4 is 10.5 Å². The minimum Gasteiger partial charge on any atom is -0.397 e. The molecule has 0 aliphatic rings. The molecule has 2 aromatic rings. The Hall–Kier alpha value is -2.59. The van der Waals surface area contributed by atoms with Crippen molar-refractivity contribution in [1.82, 2.24) is 0 Å².